The summed E-state index contributed by atoms with van der Waals surface area (Å²) in [6, 6.07) is 2.90. The largest absolute Gasteiger partial charge is 0.480 e. The van der Waals surface area contributed by atoms with Crippen LogP contribution in [0.25, 0.3) is 0 Å². The summed E-state index contributed by atoms with van der Waals surface area (Å²) < 4.78 is 45.7. The molecular formula is C29H39F3N6O4. The number of amides is 1. The van der Waals surface area contributed by atoms with Gasteiger partial charge in [-0.25, -0.2) is 22.9 Å². The molecule has 1 saturated carbocycles. The van der Waals surface area contributed by atoms with Crippen molar-refractivity contribution in [3.63, 3.8) is 0 Å². The molecule has 0 bridgehead atoms. The Hall–Kier alpha value is -3.32. The van der Waals surface area contributed by atoms with E-state index >= 15 is 0 Å². The van der Waals surface area contributed by atoms with E-state index in [1.54, 1.807) is 0 Å². The van der Waals surface area contributed by atoms with E-state index in [2.05, 4.69) is 26.7 Å². The maximum absolute atomic E-state index is 13.5. The van der Waals surface area contributed by atoms with Crippen LogP contribution in [0.4, 0.5) is 19.0 Å². The number of anilines is 1. The van der Waals surface area contributed by atoms with Gasteiger partial charge in [0.15, 0.2) is 0 Å². The van der Waals surface area contributed by atoms with Gasteiger partial charge < -0.3 is 25.4 Å². The third kappa shape index (κ3) is 7.94. The number of methoxy groups -OCH3 is 1. The van der Waals surface area contributed by atoms with E-state index in [1.807, 2.05) is 11.0 Å². The number of halogens is 3. The minimum absolute atomic E-state index is 0.0418. The first kappa shape index (κ1) is 31.6. The molecule has 230 valence electrons. The van der Waals surface area contributed by atoms with Gasteiger partial charge in [-0.2, -0.15) is 0 Å². The van der Waals surface area contributed by atoms with E-state index < -0.39 is 48.2 Å². The summed E-state index contributed by atoms with van der Waals surface area (Å²) in [5, 5.41) is 15.7. The second-order valence-corrected chi connectivity index (χ2v) is 10.9. The molecule has 4 rings (SSSR count). The first-order valence-corrected chi connectivity index (χ1v) is 14.4. The molecular weight excluding hydrogens is 553 g/mol. The maximum Gasteiger partial charge on any atom is 0.326 e. The van der Waals surface area contributed by atoms with Crippen LogP contribution in [-0.4, -0.2) is 88.9 Å². The van der Waals surface area contributed by atoms with Gasteiger partial charge in [0.05, 0.1) is 17.2 Å². The number of aliphatic carboxylic acids is 1. The van der Waals surface area contributed by atoms with Gasteiger partial charge in [-0.3, -0.25) is 14.8 Å². The van der Waals surface area contributed by atoms with Crippen LogP contribution in [0.5, 0.6) is 0 Å². The standard InChI is InChI=1S/C29H39F3N6O4/c1-42-21(17-30)18-38(15-3-2-6-20-8-7-19-5-4-12-35-26(19)36-20)16-9-22(27(39)40)37-28(41)29(10-11-29)24-23(25(31)32)33-13-14-34-24/h7-8,13-14,21-22,25H,2-6,9-12,15-18H2,1H3,(H,35,36)(H,37,41)(H,39,40)/t21-,22+/m1/s1. The number of nitrogens with one attached hydrogen (secondary N) is 2. The van der Waals surface area contributed by atoms with E-state index in [4.69, 9.17) is 9.72 Å². The fourth-order valence-corrected chi connectivity index (χ4v) is 5.36. The molecule has 2 atom stereocenters. The molecule has 0 aromatic carbocycles. The second-order valence-electron chi connectivity index (χ2n) is 10.9. The van der Waals surface area contributed by atoms with Crippen molar-refractivity contribution in [1.82, 2.24) is 25.2 Å². The Morgan fingerprint density at radius 2 is 1.98 bits per heavy atom. The molecule has 10 nitrogen and oxygen atoms in total. The Labute approximate surface area is 243 Å². The van der Waals surface area contributed by atoms with E-state index in [-0.39, 0.29) is 38.0 Å². The minimum Gasteiger partial charge on any atom is -0.480 e. The quantitative estimate of drug-likeness (QED) is 0.237. The summed E-state index contributed by atoms with van der Waals surface area (Å²) in [6.07, 6.45) is 3.90. The van der Waals surface area contributed by atoms with Crippen molar-refractivity contribution in [2.24, 2.45) is 0 Å². The summed E-state index contributed by atoms with van der Waals surface area (Å²) in [5.41, 5.74) is 0.226. The molecule has 2 aromatic rings. The molecule has 13 heteroatoms. The van der Waals surface area contributed by atoms with E-state index in [0.29, 0.717) is 6.54 Å². The van der Waals surface area contributed by atoms with Gasteiger partial charge in [0.2, 0.25) is 5.91 Å². The third-order valence-electron chi connectivity index (χ3n) is 7.98. The topological polar surface area (TPSA) is 130 Å². The number of carboxylic acid groups (broad SMARTS) is 1. The number of alkyl halides is 3. The van der Waals surface area contributed by atoms with E-state index in [0.717, 1.165) is 56.4 Å². The molecule has 2 aromatic heterocycles. The molecule has 3 N–H and O–H groups in total. The number of carboxylic acids is 1. The van der Waals surface area contributed by atoms with E-state index in [1.165, 1.54) is 18.9 Å². The summed E-state index contributed by atoms with van der Waals surface area (Å²) in [4.78, 5) is 39.6. The summed E-state index contributed by atoms with van der Waals surface area (Å²) in [7, 11) is 1.42. The molecule has 3 heterocycles. The molecule has 1 amide bonds. The van der Waals surface area contributed by atoms with Crippen LogP contribution in [0.1, 0.15) is 67.6 Å². The van der Waals surface area contributed by atoms with Gasteiger partial charge in [0.25, 0.3) is 6.43 Å². The molecule has 42 heavy (non-hydrogen) atoms. The molecule has 0 saturated heterocycles. The fourth-order valence-electron chi connectivity index (χ4n) is 5.36. The van der Waals surface area contributed by atoms with Gasteiger partial charge in [-0.1, -0.05) is 6.07 Å². The van der Waals surface area contributed by atoms with Crippen molar-refractivity contribution >= 4 is 17.7 Å². The lowest BCUT2D eigenvalue weighted by molar-refractivity contribution is -0.142. The fraction of sp³-hybridized carbons (Fsp3) is 0.621. The van der Waals surface area contributed by atoms with E-state index in [9.17, 15) is 27.9 Å². The average molecular weight is 593 g/mol. The minimum atomic E-state index is -2.91. The van der Waals surface area contributed by atoms with Crippen LogP contribution in [-0.2, 0) is 32.6 Å². The zero-order valence-corrected chi connectivity index (χ0v) is 23.8. The highest BCUT2D eigenvalue weighted by Gasteiger charge is 2.55. The number of carbonyl (C=O) groups excluding carboxylic acids is 1. The molecule has 2 aliphatic rings. The van der Waals surface area contributed by atoms with Gasteiger partial charge in [-0.05, 0) is 69.5 Å². The van der Waals surface area contributed by atoms with Crippen molar-refractivity contribution in [3.8, 4) is 0 Å². The van der Waals surface area contributed by atoms with Crippen LogP contribution in [0.3, 0.4) is 0 Å². The number of ether oxygens (including phenoxy) is 1. The Kier molecular flexibility index (Phi) is 11.1. The molecule has 1 fully saturated rings. The maximum atomic E-state index is 13.5. The molecule has 0 spiro atoms. The lowest BCUT2D eigenvalue weighted by atomic mass is 9.97. The third-order valence-corrected chi connectivity index (χ3v) is 7.98. The van der Waals surface area contributed by atoms with Crippen molar-refractivity contribution < 1.29 is 32.6 Å². The number of hydrogen-bond acceptors (Lipinski definition) is 8. The SMILES string of the molecule is CO[C@H](CF)CN(CCCCc1ccc2c(n1)NCCC2)CC[C@H](NC(=O)C1(c2nccnc2C(F)F)CC1)C(=O)O. The number of carbonyl (C=O) groups is 2. The van der Waals surface area contributed by atoms with Crippen molar-refractivity contribution in [2.45, 2.75) is 75.4 Å². The van der Waals surface area contributed by atoms with Crippen LogP contribution in [0.15, 0.2) is 24.5 Å². The Bertz CT molecular complexity index is 1210. The van der Waals surface area contributed by atoms with Gasteiger partial charge >= 0.3 is 5.97 Å². The number of unbranched alkanes of at least 4 members (excludes halogenated alkanes) is 1. The molecule has 1 aliphatic carbocycles. The average Bonchev–Trinajstić information content (AvgIpc) is 3.81. The number of pyridine rings is 1. The predicted octanol–water partition coefficient (Wildman–Crippen LogP) is 3.47. The number of hydrogen-bond donors (Lipinski definition) is 3. The first-order chi connectivity index (χ1) is 20.3. The smallest absolute Gasteiger partial charge is 0.326 e. The highest BCUT2D eigenvalue weighted by Crippen LogP contribution is 2.49. The highest BCUT2D eigenvalue weighted by molar-refractivity contribution is 5.93. The number of aryl methyl sites for hydroxylation is 2. The van der Waals surface area contributed by atoms with Crippen LogP contribution < -0.4 is 10.6 Å². The highest BCUT2D eigenvalue weighted by atomic mass is 19.3. The number of rotatable bonds is 17. The van der Waals surface area contributed by atoms with Gasteiger partial charge in [0.1, 0.15) is 24.2 Å². The van der Waals surface area contributed by atoms with Crippen LogP contribution in [0.2, 0.25) is 0 Å². The second kappa shape index (κ2) is 14.7. The lowest BCUT2D eigenvalue weighted by Gasteiger charge is -2.27. The zero-order chi connectivity index (χ0) is 30.1. The Morgan fingerprint density at radius 3 is 2.67 bits per heavy atom. The van der Waals surface area contributed by atoms with Crippen molar-refractivity contribution in [1.29, 1.82) is 0 Å². The molecule has 0 radical (unpaired) electrons. The summed E-state index contributed by atoms with van der Waals surface area (Å²) in [6.45, 7) is 1.33. The molecule has 1 aliphatic heterocycles. The van der Waals surface area contributed by atoms with Crippen molar-refractivity contribution in [2.75, 3.05) is 45.3 Å². The normalized spacial score (nSPS) is 16.9. The predicted molar refractivity (Wildman–Crippen MR) is 149 cm³/mol. The summed E-state index contributed by atoms with van der Waals surface area (Å²) >= 11 is 0. The number of nitrogens with zero attached hydrogens (tertiary/aromatic N) is 4. The van der Waals surface area contributed by atoms with Gasteiger partial charge in [0, 0.05) is 44.8 Å². The number of fused-ring (bicyclic) bond motifs is 1. The Balaban J connectivity index is 1.34. The summed E-state index contributed by atoms with van der Waals surface area (Å²) in [5.74, 6) is -0.951. The monoisotopic (exact) mass is 592 g/mol. The zero-order valence-electron chi connectivity index (χ0n) is 23.8. The first-order valence-electron chi connectivity index (χ1n) is 14.4. The number of aromatic nitrogens is 3. The molecule has 0 unspecified atom stereocenters. The van der Waals surface area contributed by atoms with Gasteiger partial charge in [-0.15, -0.1) is 0 Å². The van der Waals surface area contributed by atoms with Crippen LogP contribution in [0, 0.1) is 0 Å². The van der Waals surface area contributed by atoms with Crippen molar-refractivity contribution in [3.05, 3.63) is 47.2 Å². The van der Waals surface area contributed by atoms with Crippen LogP contribution >= 0.6 is 0 Å². The Morgan fingerprint density at radius 1 is 1.19 bits per heavy atom. The lowest BCUT2D eigenvalue weighted by Crippen LogP contribution is -2.48.